The lowest BCUT2D eigenvalue weighted by molar-refractivity contribution is 0.141. The number of rotatable bonds is 8. The molecule has 3 rings (SSSR count). The summed E-state index contributed by atoms with van der Waals surface area (Å²) in [6.07, 6.45) is -5.13. The van der Waals surface area contributed by atoms with E-state index in [1.54, 1.807) is 0 Å². The summed E-state index contributed by atoms with van der Waals surface area (Å²) in [4.78, 5) is 16.5. The van der Waals surface area contributed by atoms with Gasteiger partial charge in [0, 0.05) is 17.1 Å². The average Bonchev–Trinajstić information content (AvgIpc) is 2.78. The van der Waals surface area contributed by atoms with Crippen molar-refractivity contribution >= 4 is 11.6 Å². The smallest absolute Gasteiger partial charge is 0.296 e. The van der Waals surface area contributed by atoms with Crippen LogP contribution in [0.4, 0.5) is 17.6 Å². The van der Waals surface area contributed by atoms with Gasteiger partial charge in [0.2, 0.25) is 11.6 Å². The van der Waals surface area contributed by atoms with E-state index in [0.717, 1.165) is 17.0 Å². The molecule has 0 amide bonds. The molecule has 0 aliphatic carbocycles. The van der Waals surface area contributed by atoms with Crippen LogP contribution in [0, 0.1) is 11.3 Å². The van der Waals surface area contributed by atoms with Gasteiger partial charge < -0.3 is 9.47 Å². The van der Waals surface area contributed by atoms with Crippen LogP contribution in [0.1, 0.15) is 35.4 Å². The van der Waals surface area contributed by atoms with E-state index in [1.165, 1.54) is 25.3 Å². The molecule has 2 heterocycles. The van der Waals surface area contributed by atoms with Crippen molar-refractivity contribution in [3.63, 3.8) is 0 Å². The molecule has 0 saturated carbocycles. The van der Waals surface area contributed by atoms with Crippen LogP contribution >= 0.6 is 11.6 Å². The summed E-state index contributed by atoms with van der Waals surface area (Å²) in [7, 11) is 1.27. The van der Waals surface area contributed by atoms with Crippen molar-refractivity contribution in [3.05, 3.63) is 68.5 Å². The Morgan fingerprint density at radius 3 is 2.55 bits per heavy atom. The second-order valence-corrected chi connectivity index (χ2v) is 6.94. The summed E-state index contributed by atoms with van der Waals surface area (Å²) in [5.74, 6) is -0.894. The lowest BCUT2D eigenvalue weighted by atomic mass is 10.2. The first-order valence-corrected chi connectivity index (χ1v) is 9.56. The predicted molar refractivity (Wildman–Crippen MR) is 107 cm³/mol. The van der Waals surface area contributed by atoms with Crippen LogP contribution in [-0.2, 0) is 13.0 Å². The van der Waals surface area contributed by atoms with Gasteiger partial charge in [-0.25, -0.2) is 22.5 Å². The Labute approximate surface area is 189 Å². The number of nitrogens with zero attached hydrogens (tertiary/aromatic N) is 5. The number of aryl methyl sites for hydroxylation is 2. The van der Waals surface area contributed by atoms with Crippen LogP contribution in [0.15, 0.2) is 35.4 Å². The predicted octanol–water partition coefficient (Wildman–Crippen LogP) is 4.48. The van der Waals surface area contributed by atoms with E-state index < -0.39 is 35.5 Å². The zero-order valence-corrected chi connectivity index (χ0v) is 17.6. The van der Waals surface area contributed by atoms with E-state index in [4.69, 9.17) is 26.3 Å². The van der Waals surface area contributed by atoms with Crippen molar-refractivity contribution in [1.29, 1.82) is 5.26 Å². The topological polar surface area (TPSA) is 103 Å². The van der Waals surface area contributed by atoms with Crippen LogP contribution in [-0.4, -0.2) is 26.9 Å². The quantitative estimate of drug-likeness (QED) is 0.435. The number of alkyl halides is 4. The Morgan fingerprint density at radius 1 is 1.15 bits per heavy atom. The van der Waals surface area contributed by atoms with Crippen molar-refractivity contribution < 1.29 is 27.0 Å². The van der Waals surface area contributed by atoms with Gasteiger partial charge in [-0.05, 0) is 30.7 Å². The molecular weight excluding hydrogens is 470 g/mol. The highest BCUT2D eigenvalue weighted by molar-refractivity contribution is 6.30. The minimum Gasteiger partial charge on any atom is -0.480 e. The van der Waals surface area contributed by atoms with Gasteiger partial charge in [0.1, 0.15) is 11.4 Å². The van der Waals surface area contributed by atoms with E-state index in [2.05, 4.69) is 15.2 Å². The van der Waals surface area contributed by atoms with Gasteiger partial charge >= 0.3 is 0 Å². The first kappa shape index (κ1) is 23.9. The normalized spacial score (nSPS) is 11.0. The third kappa shape index (κ3) is 5.56. The number of methoxy groups -OCH3 is 1. The molecule has 0 radical (unpaired) electrons. The fourth-order valence-corrected chi connectivity index (χ4v) is 3.06. The maximum absolute atomic E-state index is 13.5. The van der Waals surface area contributed by atoms with Gasteiger partial charge in [-0.2, -0.15) is 5.26 Å². The second kappa shape index (κ2) is 10.3. The molecular formula is C20H14ClF4N5O3. The van der Waals surface area contributed by atoms with Gasteiger partial charge in [-0.3, -0.25) is 9.36 Å². The molecule has 33 heavy (non-hydrogen) atoms. The lowest BCUT2D eigenvalue weighted by Crippen LogP contribution is -2.24. The second-order valence-electron chi connectivity index (χ2n) is 6.50. The molecule has 0 fully saturated rings. The Kier molecular flexibility index (Phi) is 7.44. The summed E-state index contributed by atoms with van der Waals surface area (Å²) in [6, 6.07) is 6.70. The minimum atomic E-state index is -3.13. The van der Waals surface area contributed by atoms with Crippen LogP contribution < -0.4 is 15.0 Å². The molecule has 0 spiro atoms. The summed E-state index contributed by atoms with van der Waals surface area (Å²) >= 11 is 5.89. The maximum Gasteiger partial charge on any atom is 0.296 e. The number of hydrogen-bond acceptors (Lipinski definition) is 7. The fourth-order valence-electron chi connectivity index (χ4n) is 2.83. The third-order valence-corrected chi connectivity index (χ3v) is 4.56. The van der Waals surface area contributed by atoms with E-state index in [9.17, 15) is 22.4 Å². The largest absolute Gasteiger partial charge is 0.480 e. The maximum atomic E-state index is 13.5. The third-order valence-electron chi connectivity index (χ3n) is 4.34. The first-order valence-electron chi connectivity index (χ1n) is 9.18. The van der Waals surface area contributed by atoms with Crippen molar-refractivity contribution in [2.45, 2.75) is 25.8 Å². The Hall–Kier alpha value is -3.72. The minimum absolute atomic E-state index is 0.0240. The molecule has 0 saturated heterocycles. The summed E-state index contributed by atoms with van der Waals surface area (Å²) in [6.45, 7) is -0.143. The summed E-state index contributed by atoms with van der Waals surface area (Å²) in [5, 5.41) is 16.1. The van der Waals surface area contributed by atoms with Gasteiger partial charge in [0.05, 0.1) is 25.1 Å². The SMILES string of the molecule is COc1nnc(C(F)F)cc1CCn1cnc(C(F)F)c(Oc2cc(Cl)cc(C#N)c2)c1=O. The number of nitriles is 1. The molecule has 0 aliphatic heterocycles. The molecule has 0 atom stereocenters. The standard InChI is InChI=1S/C20H14ClF4N5O3/c1-32-19-11(6-14(17(22)23)28-29-19)2-3-30-9-27-15(18(24)25)16(20(30)31)33-13-5-10(8-26)4-12(21)7-13/h4-7,9,17-18H,2-3H2,1H3. The first-order chi connectivity index (χ1) is 15.7. The molecule has 0 unspecified atom stereocenters. The van der Waals surface area contributed by atoms with Gasteiger partial charge in [-0.15, -0.1) is 10.2 Å². The molecule has 1 aromatic carbocycles. The summed E-state index contributed by atoms with van der Waals surface area (Å²) < 4.78 is 64.2. The van der Waals surface area contributed by atoms with E-state index in [0.29, 0.717) is 0 Å². The molecule has 0 bridgehead atoms. The average molecular weight is 484 g/mol. The zero-order chi connectivity index (χ0) is 24.1. The van der Waals surface area contributed by atoms with E-state index in [1.807, 2.05) is 6.07 Å². The number of ether oxygens (including phenoxy) is 2. The molecule has 3 aromatic rings. The Bertz CT molecular complexity index is 1260. The van der Waals surface area contributed by atoms with E-state index in [-0.39, 0.29) is 40.7 Å². The highest BCUT2D eigenvalue weighted by Crippen LogP contribution is 2.30. The van der Waals surface area contributed by atoms with Crippen LogP contribution in [0.3, 0.4) is 0 Å². The molecule has 0 aliphatic rings. The molecule has 2 aromatic heterocycles. The van der Waals surface area contributed by atoms with Gasteiger partial charge in [0.15, 0.2) is 5.69 Å². The molecule has 13 heteroatoms. The number of benzene rings is 1. The number of hydrogen-bond donors (Lipinski definition) is 0. The van der Waals surface area contributed by atoms with Crippen molar-refractivity contribution in [2.24, 2.45) is 0 Å². The van der Waals surface area contributed by atoms with E-state index >= 15 is 0 Å². The molecule has 8 nitrogen and oxygen atoms in total. The highest BCUT2D eigenvalue weighted by atomic mass is 35.5. The molecule has 172 valence electrons. The monoisotopic (exact) mass is 483 g/mol. The van der Waals surface area contributed by atoms with Crippen molar-refractivity contribution in [3.8, 4) is 23.4 Å². The number of aromatic nitrogens is 4. The zero-order valence-electron chi connectivity index (χ0n) is 16.8. The van der Waals surface area contributed by atoms with Crippen LogP contribution in [0.25, 0.3) is 0 Å². The number of halogens is 5. The molecule has 0 N–H and O–H groups in total. The van der Waals surface area contributed by atoms with Gasteiger partial charge in [-0.1, -0.05) is 11.6 Å². The summed E-state index contributed by atoms with van der Waals surface area (Å²) in [5.41, 5.74) is -2.12. The van der Waals surface area contributed by atoms with Crippen LogP contribution in [0.5, 0.6) is 17.4 Å². The van der Waals surface area contributed by atoms with Crippen molar-refractivity contribution in [1.82, 2.24) is 19.7 Å². The van der Waals surface area contributed by atoms with Crippen LogP contribution in [0.2, 0.25) is 5.02 Å². The Balaban J connectivity index is 1.96. The Morgan fingerprint density at radius 2 is 1.91 bits per heavy atom. The highest BCUT2D eigenvalue weighted by Gasteiger charge is 2.23. The fraction of sp³-hybridized carbons (Fsp3) is 0.250. The van der Waals surface area contributed by atoms with Crippen molar-refractivity contribution in [2.75, 3.05) is 7.11 Å². The van der Waals surface area contributed by atoms with Gasteiger partial charge in [0.25, 0.3) is 18.4 Å². The lowest BCUT2D eigenvalue weighted by Gasteiger charge is -2.14.